The summed E-state index contributed by atoms with van der Waals surface area (Å²) in [5.41, 5.74) is -0.563. The lowest BCUT2D eigenvalue weighted by Gasteiger charge is -2.07. The Labute approximate surface area is 100 Å². The van der Waals surface area contributed by atoms with Crippen molar-refractivity contribution in [1.29, 1.82) is 0 Å². The Morgan fingerprint density at radius 3 is 2.11 bits per heavy atom. The minimum Gasteiger partial charge on any atom is -0.508 e. The van der Waals surface area contributed by atoms with Gasteiger partial charge in [0.05, 0.1) is 11.1 Å². The normalized spacial score (nSPS) is 10.4. The number of hydrogen-bond donors (Lipinski definition) is 4. The topological polar surface area (TPSA) is 115 Å². The number of fused-ring (bicyclic) bond motifs is 1. The fourth-order valence-corrected chi connectivity index (χ4v) is 1.77. The van der Waals surface area contributed by atoms with Crippen molar-refractivity contribution in [2.45, 2.75) is 0 Å². The summed E-state index contributed by atoms with van der Waals surface area (Å²) >= 11 is 0. The van der Waals surface area contributed by atoms with Gasteiger partial charge in [0.1, 0.15) is 11.5 Å². The van der Waals surface area contributed by atoms with Crippen LogP contribution in [0.15, 0.2) is 24.3 Å². The first kappa shape index (κ1) is 11.7. The Bertz CT molecular complexity index is 674. The predicted octanol–water partition coefficient (Wildman–Crippen LogP) is 1.65. The first-order valence-electron chi connectivity index (χ1n) is 4.86. The maximum atomic E-state index is 11.1. The van der Waals surface area contributed by atoms with Gasteiger partial charge in [-0.05, 0) is 23.6 Å². The highest BCUT2D eigenvalue weighted by molar-refractivity contribution is 6.09. The molecule has 6 heteroatoms. The van der Waals surface area contributed by atoms with E-state index in [1.54, 1.807) is 0 Å². The van der Waals surface area contributed by atoms with E-state index in [0.29, 0.717) is 0 Å². The molecule has 2 aromatic carbocycles. The molecule has 0 bridgehead atoms. The fourth-order valence-electron chi connectivity index (χ4n) is 1.77. The molecule has 0 aliphatic rings. The van der Waals surface area contributed by atoms with Crippen LogP contribution in [0.2, 0.25) is 0 Å². The minimum absolute atomic E-state index is 0.00898. The van der Waals surface area contributed by atoms with Gasteiger partial charge in [-0.15, -0.1) is 0 Å². The van der Waals surface area contributed by atoms with E-state index >= 15 is 0 Å². The highest BCUT2D eigenvalue weighted by Gasteiger charge is 2.17. The monoisotopic (exact) mass is 248 g/mol. The minimum atomic E-state index is -1.36. The number of phenolic OH excluding ortho intramolecular Hbond substituents is 2. The molecule has 6 nitrogen and oxygen atoms in total. The Balaban J connectivity index is 2.94. The van der Waals surface area contributed by atoms with Gasteiger partial charge < -0.3 is 20.4 Å². The largest absolute Gasteiger partial charge is 0.508 e. The van der Waals surface area contributed by atoms with Crippen molar-refractivity contribution in [2.24, 2.45) is 0 Å². The van der Waals surface area contributed by atoms with Crippen LogP contribution in [0.3, 0.4) is 0 Å². The first-order valence-corrected chi connectivity index (χ1v) is 4.86. The first-order chi connectivity index (χ1) is 8.40. The molecule has 0 aliphatic heterocycles. The summed E-state index contributed by atoms with van der Waals surface area (Å²) in [6.45, 7) is 0. The summed E-state index contributed by atoms with van der Waals surface area (Å²) in [5.74, 6) is -3.34. The number of carboxylic acid groups (broad SMARTS) is 2. The highest BCUT2D eigenvalue weighted by Crippen LogP contribution is 2.33. The van der Waals surface area contributed by atoms with Crippen molar-refractivity contribution < 1.29 is 30.0 Å². The van der Waals surface area contributed by atoms with Gasteiger partial charge in [0.2, 0.25) is 0 Å². The summed E-state index contributed by atoms with van der Waals surface area (Å²) < 4.78 is 0. The number of hydrogen-bond acceptors (Lipinski definition) is 4. The summed E-state index contributed by atoms with van der Waals surface area (Å²) in [6.07, 6.45) is 0. The van der Waals surface area contributed by atoms with Crippen LogP contribution in [0, 0.1) is 0 Å². The number of benzene rings is 2. The zero-order valence-corrected chi connectivity index (χ0v) is 8.91. The molecule has 0 radical (unpaired) electrons. The SMILES string of the molecule is O=C(O)c1cc(C(=O)O)c2c(O)cc(O)cc2c1. The average molecular weight is 248 g/mol. The number of carboxylic acids is 2. The molecular weight excluding hydrogens is 240 g/mol. The summed E-state index contributed by atoms with van der Waals surface area (Å²) in [6, 6.07) is 4.33. The smallest absolute Gasteiger partial charge is 0.336 e. The molecule has 92 valence electrons. The van der Waals surface area contributed by atoms with E-state index < -0.39 is 17.7 Å². The molecule has 0 unspecified atom stereocenters. The molecule has 0 heterocycles. The van der Waals surface area contributed by atoms with E-state index in [4.69, 9.17) is 10.2 Å². The molecule has 0 aromatic heterocycles. The molecule has 0 saturated carbocycles. The Morgan fingerprint density at radius 1 is 0.889 bits per heavy atom. The van der Waals surface area contributed by atoms with Crippen LogP contribution in [-0.2, 0) is 0 Å². The van der Waals surface area contributed by atoms with Crippen LogP contribution in [0.5, 0.6) is 11.5 Å². The van der Waals surface area contributed by atoms with Crippen LogP contribution >= 0.6 is 0 Å². The second-order valence-electron chi connectivity index (χ2n) is 3.70. The molecule has 0 saturated heterocycles. The van der Waals surface area contributed by atoms with Crippen LogP contribution in [0.4, 0.5) is 0 Å². The average Bonchev–Trinajstić information content (AvgIpc) is 2.26. The molecule has 0 aliphatic carbocycles. The second kappa shape index (κ2) is 3.92. The second-order valence-corrected chi connectivity index (χ2v) is 3.70. The molecule has 0 fully saturated rings. The van der Waals surface area contributed by atoms with E-state index in [9.17, 15) is 19.8 Å². The summed E-state index contributed by atoms with van der Waals surface area (Å²) in [4.78, 5) is 21.9. The van der Waals surface area contributed by atoms with Crippen molar-refractivity contribution in [2.75, 3.05) is 0 Å². The van der Waals surface area contributed by atoms with Gasteiger partial charge in [-0.25, -0.2) is 9.59 Å². The number of carbonyl (C=O) groups is 2. The Hall–Kier alpha value is -2.76. The molecule has 0 amide bonds. The third-order valence-corrected chi connectivity index (χ3v) is 2.49. The zero-order chi connectivity index (χ0) is 13.4. The third kappa shape index (κ3) is 1.80. The quantitative estimate of drug-likeness (QED) is 0.642. The highest BCUT2D eigenvalue weighted by atomic mass is 16.4. The fraction of sp³-hybridized carbons (Fsp3) is 0. The van der Waals surface area contributed by atoms with Crippen LogP contribution in [0.1, 0.15) is 20.7 Å². The Kier molecular flexibility index (Phi) is 2.55. The van der Waals surface area contributed by atoms with E-state index in [-0.39, 0.29) is 27.6 Å². The summed E-state index contributed by atoms with van der Waals surface area (Å²) in [5, 5.41) is 37.0. The van der Waals surface area contributed by atoms with Crippen molar-refractivity contribution in [3.63, 3.8) is 0 Å². The van der Waals surface area contributed by atoms with Crippen molar-refractivity contribution >= 4 is 22.7 Å². The number of rotatable bonds is 2. The van der Waals surface area contributed by atoms with Gasteiger partial charge in [0.25, 0.3) is 0 Å². The maximum Gasteiger partial charge on any atom is 0.336 e. The van der Waals surface area contributed by atoms with Crippen LogP contribution in [0.25, 0.3) is 10.8 Å². The number of aromatic hydroxyl groups is 2. The lowest BCUT2D eigenvalue weighted by molar-refractivity contribution is 0.0696. The van der Waals surface area contributed by atoms with Gasteiger partial charge in [0, 0.05) is 11.5 Å². The van der Waals surface area contributed by atoms with Crippen molar-refractivity contribution in [1.82, 2.24) is 0 Å². The van der Waals surface area contributed by atoms with Gasteiger partial charge in [0.15, 0.2) is 0 Å². The number of aromatic carboxylic acids is 2. The van der Waals surface area contributed by atoms with E-state index in [1.165, 1.54) is 12.1 Å². The molecule has 0 atom stereocenters. The molecular formula is C12H8O6. The van der Waals surface area contributed by atoms with Crippen LogP contribution in [-0.4, -0.2) is 32.4 Å². The van der Waals surface area contributed by atoms with E-state index in [2.05, 4.69) is 0 Å². The Morgan fingerprint density at radius 2 is 1.56 bits per heavy atom. The molecule has 18 heavy (non-hydrogen) atoms. The third-order valence-electron chi connectivity index (χ3n) is 2.49. The predicted molar refractivity (Wildman–Crippen MR) is 61.2 cm³/mol. The van der Waals surface area contributed by atoms with Crippen LogP contribution < -0.4 is 0 Å². The molecule has 4 N–H and O–H groups in total. The summed E-state index contributed by atoms with van der Waals surface area (Å²) in [7, 11) is 0. The lowest BCUT2D eigenvalue weighted by atomic mass is 9.99. The van der Waals surface area contributed by atoms with Gasteiger partial charge in [-0.1, -0.05) is 0 Å². The van der Waals surface area contributed by atoms with E-state index in [0.717, 1.165) is 12.1 Å². The molecule has 2 rings (SSSR count). The number of phenols is 2. The zero-order valence-electron chi connectivity index (χ0n) is 8.91. The standard InChI is InChI=1S/C12H8O6/c13-7-2-5-1-6(11(15)16)3-8(12(17)18)10(5)9(14)4-7/h1-4,13-14H,(H,15,16)(H,17,18). The van der Waals surface area contributed by atoms with Gasteiger partial charge >= 0.3 is 11.9 Å². The molecule has 2 aromatic rings. The van der Waals surface area contributed by atoms with Gasteiger partial charge in [-0.2, -0.15) is 0 Å². The van der Waals surface area contributed by atoms with Gasteiger partial charge in [-0.3, -0.25) is 0 Å². The molecule has 0 spiro atoms. The maximum absolute atomic E-state index is 11.1. The van der Waals surface area contributed by atoms with Crippen molar-refractivity contribution in [3.8, 4) is 11.5 Å². The van der Waals surface area contributed by atoms with Crippen molar-refractivity contribution in [3.05, 3.63) is 35.4 Å². The lowest BCUT2D eigenvalue weighted by Crippen LogP contribution is -2.03. The van der Waals surface area contributed by atoms with E-state index in [1.807, 2.05) is 0 Å².